The molecule has 0 amide bonds. The highest BCUT2D eigenvalue weighted by Gasteiger charge is 2.10. The summed E-state index contributed by atoms with van der Waals surface area (Å²) < 4.78 is 0. The molecule has 6 heteroatoms. The lowest BCUT2D eigenvalue weighted by Gasteiger charge is -2.10. The van der Waals surface area contributed by atoms with E-state index < -0.39 is 0 Å². The average molecular weight is 321 g/mol. The van der Waals surface area contributed by atoms with Crippen molar-refractivity contribution in [1.29, 1.82) is 5.26 Å². The van der Waals surface area contributed by atoms with Crippen LogP contribution in [0.2, 0.25) is 10.0 Å². The van der Waals surface area contributed by atoms with Crippen molar-refractivity contribution in [2.24, 2.45) is 0 Å². The van der Waals surface area contributed by atoms with Gasteiger partial charge in [0.1, 0.15) is 11.6 Å². The molecular formula is C15H14Cl2N4. The second-order valence-corrected chi connectivity index (χ2v) is 5.50. The summed E-state index contributed by atoms with van der Waals surface area (Å²) in [7, 11) is 0. The molecule has 0 radical (unpaired) electrons. The van der Waals surface area contributed by atoms with Crippen LogP contribution in [-0.2, 0) is 6.42 Å². The van der Waals surface area contributed by atoms with Gasteiger partial charge in [0.05, 0.1) is 5.69 Å². The average Bonchev–Trinajstić information content (AvgIpc) is 2.45. The van der Waals surface area contributed by atoms with Crippen LogP contribution in [-0.4, -0.2) is 16.7 Å². The molecule has 4 nitrogen and oxygen atoms in total. The zero-order chi connectivity index (χ0) is 15.4. The van der Waals surface area contributed by atoms with E-state index in [0.717, 1.165) is 16.8 Å². The van der Waals surface area contributed by atoms with Crippen molar-refractivity contribution < 1.29 is 0 Å². The third-order valence-corrected chi connectivity index (χ3v) is 3.86. The minimum absolute atomic E-state index is 0.505. The van der Waals surface area contributed by atoms with Gasteiger partial charge in [0.2, 0.25) is 0 Å². The lowest BCUT2D eigenvalue weighted by molar-refractivity contribution is 0.927. The van der Waals surface area contributed by atoms with Gasteiger partial charge in [0.15, 0.2) is 5.82 Å². The smallest absolute Gasteiger partial charge is 0.166 e. The molecule has 1 aromatic carbocycles. The van der Waals surface area contributed by atoms with E-state index in [-0.39, 0.29) is 0 Å². The van der Waals surface area contributed by atoms with Gasteiger partial charge < -0.3 is 5.32 Å². The number of nitrogens with zero attached hydrogens (tertiary/aromatic N) is 3. The Morgan fingerprint density at radius 2 is 2.00 bits per heavy atom. The molecular weight excluding hydrogens is 307 g/mol. The van der Waals surface area contributed by atoms with Gasteiger partial charge in [-0.2, -0.15) is 10.4 Å². The molecule has 108 valence electrons. The number of hydrogen-bond donors (Lipinski definition) is 1. The van der Waals surface area contributed by atoms with Crippen molar-refractivity contribution in [3.63, 3.8) is 0 Å². The maximum absolute atomic E-state index is 9.22. The van der Waals surface area contributed by atoms with E-state index in [1.54, 1.807) is 12.1 Å². The van der Waals surface area contributed by atoms with Crippen LogP contribution in [0.4, 0.5) is 5.82 Å². The maximum Gasteiger partial charge on any atom is 0.166 e. The highest BCUT2D eigenvalue weighted by atomic mass is 35.5. The summed E-state index contributed by atoms with van der Waals surface area (Å²) in [6, 6.07) is 7.58. The second kappa shape index (κ2) is 6.75. The molecule has 1 aromatic heterocycles. The fourth-order valence-electron chi connectivity index (χ4n) is 1.91. The van der Waals surface area contributed by atoms with E-state index in [9.17, 15) is 5.26 Å². The monoisotopic (exact) mass is 320 g/mol. The molecule has 2 aromatic rings. The Kier molecular flexibility index (Phi) is 5.00. The number of aromatic nitrogens is 2. The summed E-state index contributed by atoms with van der Waals surface area (Å²) in [5, 5.41) is 21.7. The molecule has 0 spiro atoms. The van der Waals surface area contributed by atoms with Gasteiger partial charge in [-0.15, -0.1) is 5.10 Å². The Morgan fingerprint density at radius 3 is 2.67 bits per heavy atom. The molecule has 0 aliphatic rings. The van der Waals surface area contributed by atoms with Crippen molar-refractivity contribution >= 4 is 29.0 Å². The molecule has 0 saturated heterocycles. The third kappa shape index (κ3) is 3.63. The Morgan fingerprint density at radius 1 is 1.24 bits per heavy atom. The number of rotatable bonds is 4. The van der Waals surface area contributed by atoms with E-state index >= 15 is 0 Å². The van der Waals surface area contributed by atoms with Gasteiger partial charge in [-0.25, -0.2) is 0 Å². The molecule has 0 bridgehead atoms. The highest BCUT2D eigenvalue weighted by molar-refractivity contribution is 6.35. The number of nitrogens with one attached hydrogen (secondary N) is 1. The molecule has 1 N–H and O–H groups in total. The Labute approximate surface area is 133 Å². The Hall–Kier alpha value is -1.83. The summed E-state index contributed by atoms with van der Waals surface area (Å²) in [6.07, 6.45) is 0.704. The van der Waals surface area contributed by atoms with Crippen molar-refractivity contribution in [2.45, 2.75) is 20.3 Å². The van der Waals surface area contributed by atoms with Crippen LogP contribution in [0.3, 0.4) is 0 Å². The normalized spacial score (nSPS) is 10.2. The second-order valence-electron chi connectivity index (χ2n) is 4.66. The minimum Gasteiger partial charge on any atom is -0.367 e. The summed E-state index contributed by atoms with van der Waals surface area (Å²) in [6.45, 7) is 4.30. The number of aryl methyl sites for hydroxylation is 1. The van der Waals surface area contributed by atoms with Crippen LogP contribution in [0.5, 0.6) is 0 Å². The number of halogens is 2. The van der Waals surface area contributed by atoms with E-state index in [1.807, 2.05) is 19.9 Å². The van der Waals surface area contributed by atoms with E-state index in [4.69, 9.17) is 23.2 Å². The number of benzene rings is 1. The lowest BCUT2D eigenvalue weighted by Crippen LogP contribution is -2.10. The predicted molar refractivity (Wildman–Crippen MR) is 84.9 cm³/mol. The van der Waals surface area contributed by atoms with Gasteiger partial charge in [0.25, 0.3) is 0 Å². The summed E-state index contributed by atoms with van der Waals surface area (Å²) in [4.78, 5) is 0. The van der Waals surface area contributed by atoms with Crippen LogP contribution < -0.4 is 5.32 Å². The van der Waals surface area contributed by atoms with Gasteiger partial charge >= 0.3 is 0 Å². The fraction of sp³-hybridized carbons (Fsp3) is 0.267. The van der Waals surface area contributed by atoms with Gasteiger partial charge in [-0.1, -0.05) is 29.3 Å². The van der Waals surface area contributed by atoms with E-state index in [0.29, 0.717) is 34.4 Å². The SMILES string of the molecule is Cc1nnc(NCCc2ccc(Cl)cc2Cl)c(C#N)c1C. The molecule has 0 unspecified atom stereocenters. The summed E-state index contributed by atoms with van der Waals surface area (Å²) >= 11 is 12.0. The summed E-state index contributed by atoms with van der Waals surface area (Å²) in [5.41, 5.74) is 3.13. The zero-order valence-corrected chi connectivity index (χ0v) is 13.3. The summed E-state index contributed by atoms with van der Waals surface area (Å²) in [5.74, 6) is 0.505. The van der Waals surface area contributed by atoms with Gasteiger partial charge in [0, 0.05) is 16.6 Å². The molecule has 0 fully saturated rings. The highest BCUT2D eigenvalue weighted by Crippen LogP contribution is 2.22. The van der Waals surface area contributed by atoms with Gasteiger partial charge in [-0.3, -0.25) is 0 Å². The van der Waals surface area contributed by atoms with Crippen LogP contribution in [0.25, 0.3) is 0 Å². The number of nitriles is 1. The first-order chi connectivity index (χ1) is 10.0. The standard InChI is InChI=1S/C15H14Cl2N4/c1-9-10(2)20-21-15(13(9)8-18)19-6-5-11-3-4-12(16)7-14(11)17/h3-4,7H,5-6H2,1-2H3,(H,19,21). The molecule has 21 heavy (non-hydrogen) atoms. The molecule has 0 saturated carbocycles. The van der Waals surface area contributed by atoms with Crippen molar-refractivity contribution in [2.75, 3.05) is 11.9 Å². The minimum atomic E-state index is 0.505. The van der Waals surface area contributed by atoms with Crippen LogP contribution >= 0.6 is 23.2 Å². The zero-order valence-electron chi connectivity index (χ0n) is 11.7. The van der Waals surface area contributed by atoms with E-state index in [2.05, 4.69) is 21.6 Å². The van der Waals surface area contributed by atoms with Crippen molar-refractivity contribution in [3.8, 4) is 6.07 Å². The first-order valence-electron chi connectivity index (χ1n) is 6.44. The predicted octanol–water partition coefficient (Wildman–Crippen LogP) is 3.93. The number of anilines is 1. The molecule has 0 atom stereocenters. The molecule has 2 rings (SSSR count). The largest absolute Gasteiger partial charge is 0.367 e. The molecule has 0 aliphatic heterocycles. The first kappa shape index (κ1) is 15.6. The fourth-order valence-corrected chi connectivity index (χ4v) is 2.41. The maximum atomic E-state index is 9.22. The van der Waals surface area contributed by atoms with Crippen LogP contribution in [0.15, 0.2) is 18.2 Å². The third-order valence-electron chi connectivity index (χ3n) is 3.27. The van der Waals surface area contributed by atoms with Crippen molar-refractivity contribution in [1.82, 2.24) is 10.2 Å². The van der Waals surface area contributed by atoms with Crippen molar-refractivity contribution in [3.05, 3.63) is 50.6 Å². The number of hydrogen-bond acceptors (Lipinski definition) is 4. The Balaban J connectivity index is 2.07. The first-order valence-corrected chi connectivity index (χ1v) is 7.20. The van der Waals surface area contributed by atoms with E-state index in [1.165, 1.54) is 0 Å². The van der Waals surface area contributed by atoms with Crippen LogP contribution in [0, 0.1) is 25.2 Å². The lowest BCUT2D eigenvalue weighted by atomic mass is 10.1. The van der Waals surface area contributed by atoms with Gasteiger partial charge in [-0.05, 0) is 43.5 Å². The molecule has 1 heterocycles. The molecule has 0 aliphatic carbocycles. The topological polar surface area (TPSA) is 61.6 Å². The Bertz CT molecular complexity index is 708. The van der Waals surface area contributed by atoms with Crippen LogP contribution in [0.1, 0.15) is 22.4 Å². The quantitative estimate of drug-likeness (QED) is 0.927.